The van der Waals surface area contributed by atoms with Crippen molar-refractivity contribution in [3.63, 3.8) is 0 Å². The molecule has 0 bridgehead atoms. The highest BCUT2D eigenvalue weighted by Crippen LogP contribution is 2.41. The number of rotatable bonds is 5. The maximum Gasteiger partial charge on any atom is 0.295 e. The number of carbonyl (C=O) groups excluding carboxylic acids is 2. The first-order valence-electron chi connectivity index (χ1n) is 8.54. The molecule has 1 aliphatic rings. The predicted molar refractivity (Wildman–Crippen MR) is 99.4 cm³/mol. The van der Waals surface area contributed by atoms with Gasteiger partial charge >= 0.3 is 0 Å². The molecule has 0 saturated carbocycles. The van der Waals surface area contributed by atoms with Crippen LogP contribution in [0, 0.1) is 12.7 Å². The summed E-state index contributed by atoms with van der Waals surface area (Å²) in [5.74, 6) is -2.15. The van der Waals surface area contributed by atoms with E-state index in [1.54, 1.807) is 13.0 Å². The predicted octanol–water partition coefficient (Wildman–Crippen LogP) is 4.42. The van der Waals surface area contributed by atoms with Gasteiger partial charge in [0.15, 0.2) is 0 Å². The third kappa shape index (κ3) is 3.17. The molecule has 1 N–H and O–H groups in total. The van der Waals surface area contributed by atoms with E-state index in [2.05, 4.69) is 0 Å². The molecule has 136 valence electrons. The van der Waals surface area contributed by atoms with Crippen molar-refractivity contribution in [2.24, 2.45) is 0 Å². The summed E-state index contributed by atoms with van der Waals surface area (Å²) >= 11 is 1.42. The van der Waals surface area contributed by atoms with Crippen LogP contribution in [0.15, 0.2) is 41.3 Å². The van der Waals surface area contributed by atoms with Crippen LogP contribution in [-0.4, -0.2) is 28.2 Å². The molecule has 1 amide bonds. The maximum atomic E-state index is 13.9. The van der Waals surface area contributed by atoms with Gasteiger partial charge in [0, 0.05) is 17.0 Å². The van der Waals surface area contributed by atoms with Gasteiger partial charge in [-0.3, -0.25) is 9.59 Å². The van der Waals surface area contributed by atoms with Gasteiger partial charge in [-0.2, -0.15) is 0 Å². The molecule has 1 fully saturated rings. The second kappa shape index (κ2) is 7.41. The van der Waals surface area contributed by atoms with Gasteiger partial charge in [-0.15, -0.1) is 11.3 Å². The van der Waals surface area contributed by atoms with E-state index < -0.39 is 23.5 Å². The van der Waals surface area contributed by atoms with E-state index in [-0.39, 0.29) is 16.9 Å². The Balaban J connectivity index is 2.14. The molecule has 1 saturated heterocycles. The average Bonchev–Trinajstić information content (AvgIpc) is 3.23. The fourth-order valence-corrected chi connectivity index (χ4v) is 3.92. The van der Waals surface area contributed by atoms with E-state index in [1.807, 2.05) is 24.4 Å². The Hall–Kier alpha value is -2.47. The van der Waals surface area contributed by atoms with Gasteiger partial charge in [0.1, 0.15) is 11.6 Å². The lowest BCUT2D eigenvalue weighted by Crippen LogP contribution is -2.30. The molecule has 2 heterocycles. The maximum absolute atomic E-state index is 13.9. The summed E-state index contributed by atoms with van der Waals surface area (Å²) < 4.78 is 13.9. The van der Waals surface area contributed by atoms with Crippen molar-refractivity contribution in [2.75, 3.05) is 6.54 Å². The third-order valence-corrected chi connectivity index (χ3v) is 5.48. The Morgan fingerprint density at radius 2 is 2.08 bits per heavy atom. The lowest BCUT2D eigenvalue weighted by molar-refractivity contribution is -0.139. The molecule has 1 aromatic carbocycles. The quantitative estimate of drug-likeness (QED) is 0.480. The van der Waals surface area contributed by atoms with Crippen LogP contribution in [0.25, 0.3) is 5.76 Å². The average molecular weight is 373 g/mol. The van der Waals surface area contributed by atoms with E-state index in [0.29, 0.717) is 12.1 Å². The monoisotopic (exact) mass is 373 g/mol. The number of carbonyl (C=O) groups is 2. The number of amides is 1. The number of unbranched alkanes of at least 4 members (excludes halogenated alkanes) is 1. The van der Waals surface area contributed by atoms with Gasteiger partial charge in [0.2, 0.25) is 0 Å². The normalized spacial score (nSPS) is 19.3. The topological polar surface area (TPSA) is 57.6 Å². The second-order valence-corrected chi connectivity index (χ2v) is 7.30. The number of Topliss-reactive ketones (excluding diaryl/α,β-unsaturated/α-hetero) is 1. The summed E-state index contributed by atoms with van der Waals surface area (Å²) in [6.07, 6.45) is 1.64. The summed E-state index contributed by atoms with van der Waals surface area (Å²) in [5.41, 5.74) is 0.666. The van der Waals surface area contributed by atoms with E-state index in [9.17, 15) is 19.1 Å². The number of aliphatic hydroxyl groups excluding tert-OH is 1. The van der Waals surface area contributed by atoms with Crippen molar-refractivity contribution in [3.8, 4) is 0 Å². The molecule has 0 radical (unpaired) electrons. The highest BCUT2D eigenvalue weighted by Gasteiger charge is 2.46. The van der Waals surface area contributed by atoms with Gasteiger partial charge in [-0.1, -0.05) is 31.5 Å². The molecule has 0 aliphatic carbocycles. The Kier molecular flexibility index (Phi) is 5.23. The van der Waals surface area contributed by atoms with Crippen LogP contribution < -0.4 is 0 Å². The lowest BCUT2D eigenvalue weighted by atomic mass is 9.99. The first-order valence-corrected chi connectivity index (χ1v) is 9.42. The Labute approximate surface area is 155 Å². The lowest BCUT2D eigenvalue weighted by Gasteiger charge is -2.23. The van der Waals surface area contributed by atoms with Crippen molar-refractivity contribution in [3.05, 3.63) is 63.1 Å². The number of aliphatic hydroxyl groups is 1. The molecule has 0 unspecified atom stereocenters. The Morgan fingerprint density at radius 1 is 1.31 bits per heavy atom. The van der Waals surface area contributed by atoms with Crippen molar-refractivity contribution in [1.29, 1.82) is 0 Å². The number of hydrogen-bond acceptors (Lipinski definition) is 4. The standard InChI is InChI=1S/C20H20FNO3S/c1-3-4-9-22-17(15-6-5-10-26-15)16(19(24)20(22)25)18(23)13-8-7-12(2)14(21)11-13/h5-8,10-11,17,23H,3-4,9H2,1-2H3/t17-/m1/s1. The first-order chi connectivity index (χ1) is 12.5. The largest absolute Gasteiger partial charge is 0.507 e. The molecular formula is C20H20FNO3S. The van der Waals surface area contributed by atoms with E-state index in [1.165, 1.54) is 28.4 Å². The van der Waals surface area contributed by atoms with Gasteiger partial charge in [0.05, 0.1) is 11.6 Å². The first kappa shape index (κ1) is 18.3. The van der Waals surface area contributed by atoms with Crippen molar-refractivity contribution < 1.29 is 19.1 Å². The number of nitrogens with zero attached hydrogens (tertiary/aromatic N) is 1. The Morgan fingerprint density at radius 3 is 2.69 bits per heavy atom. The second-order valence-electron chi connectivity index (χ2n) is 6.33. The minimum absolute atomic E-state index is 0.0248. The molecular weight excluding hydrogens is 353 g/mol. The summed E-state index contributed by atoms with van der Waals surface area (Å²) in [7, 11) is 0. The summed E-state index contributed by atoms with van der Waals surface area (Å²) in [4.78, 5) is 27.5. The molecule has 3 rings (SSSR count). The van der Waals surface area contributed by atoms with E-state index in [0.717, 1.165) is 17.7 Å². The number of thiophene rings is 1. The minimum atomic E-state index is -0.724. The zero-order valence-corrected chi connectivity index (χ0v) is 15.5. The zero-order chi connectivity index (χ0) is 18.8. The molecule has 0 spiro atoms. The number of benzene rings is 1. The smallest absolute Gasteiger partial charge is 0.295 e. The molecule has 2 aromatic rings. The van der Waals surface area contributed by atoms with Crippen LogP contribution in [0.5, 0.6) is 0 Å². The highest BCUT2D eigenvalue weighted by molar-refractivity contribution is 7.10. The summed E-state index contributed by atoms with van der Waals surface area (Å²) in [6, 6.07) is 7.33. The molecule has 1 aromatic heterocycles. The zero-order valence-electron chi connectivity index (χ0n) is 14.7. The van der Waals surface area contributed by atoms with Crippen molar-refractivity contribution in [2.45, 2.75) is 32.7 Å². The van der Waals surface area contributed by atoms with Crippen LogP contribution in [0.3, 0.4) is 0 Å². The van der Waals surface area contributed by atoms with Crippen molar-refractivity contribution >= 4 is 28.8 Å². The molecule has 26 heavy (non-hydrogen) atoms. The molecule has 1 aliphatic heterocycles. The minimum Gasteiger partial charge on any atom is -0.507 e. The fourth-order valence-electron chi connectivity index (χ4n) is 3.08. The van der Waals surface area contributed by atoms with Crippen LogP contribution >= 0.6 is 11.3 Å². The number of halogens is 1. The van der Waals surface area contributed by atoms with Crippen LogP contribution in [0.4, 0.5) is 4.39 Å². The number of likely N-dealkylation sites (tertiary alicyclic amines) is 1. The summed E-state index contributed by atoms with van der Waals surface area (Å²) in [5, 5.41) is 12.6. The molecule has 6 heteroatoms. The van der Waals surface area contributed by atoms with Crippen molar-refractivity contribution in [1.82, 2.24) is 4.90 Å². The third-order valence-electron chi connectivity index (χ3n) is 4.55. The highest BCUT2D eigenvalue weighted by atomic mass is 32.1. The fraction of sp³-hybridized carbons (Fsp3) is 0.300. The Bertz CT molecular complexity index is 873. The molecule has 1 atom stereocenters. The summed E-state index contributed by atoms with van der Waals surface area (Å²) in [6.45, 7) is 4.06. The van der Waals surface area contributed by atoms with E-state index >= 15 is 0 Å². The van der Waals surface area contributed by atoms with Crippen LogP contribution in [0.1, 0.15) is 41.8 Å². The number of aryl methyl sites for hydroxylation is 1. The van der Waals surface area contributed by atoms with Gasteiger partial charge in [-0.25, -0.2) is 4.39 Å². The van der Waals surface area contributed by atoms with E-state index in [4.69, 9.17) is 0 Å². The van der Waals surface area contributed by atoms with Crippen LogP contribution in [-0.2, 0) is 9.59 Å². The molecule has 4 nitrogen and oxygen atoms in total. The van der Waals surface area contributed by atoms with Crippen LogP contribution in [0.2, 0.25) is 0 Å². The van der Waals surface area contributed by atoms with Gasteiger partial charge in [0.25, 0.3) is 11.7 Å². The number of ketones is 1. The van der Waals surface area contributed by atoms with Gasteiger partial charge in [-0.05, 0) is 36.4 Å². The SMILES string of the molecule is CCCCN1C(=O)C(=O)C(=C(O)c2ccc(C)c(F)c2)[C@H]1c1cccs1. The van der Waals surface area contributed by atoms with Gasteiger partial charge < -0.3 is 10.0 Å². The number of hydrogen-bond donors (Lipinski definition) is 1.